The van der Waals surface area contributed by atoms with Crippen LogP contribution >= 0.6 is 0 Å². The van der Waals surface area contributed by atoms with E-state index in [4.69, 9.17) is 0 Å². The lowest BCUT2D eigenvalue weighted by Gasteiger charge is -2.51. The number of piperidine rings is 3. The molecule has 7 nitrogen and oxygen atoms in total. The molecule has 186 valence electrons. The van der Waals surface area contributed by atoms with Crippen LogP contribution in [0.2, 0.25) is 0 Å². The lowest BCUT2D eigenvalue weighted by Crippen LogP contribution is -2.59. The van der Waals surface area contributed by atoms with Crippen LogP contribution in [-0.2, 0) is 0 Å². The average Bonchev–Trinajstić information content (AvgIpc) is 2.89. The third-order valence-corrected chi connectivity index (χ3v) is 8.05. The summed E-state index contributed by atoms with van der Waals surface area (Å²) in [7, 11) is 0. The molecule has 4 fully saturated rings. The molecular weight excluding hydrogens is 438 g/mol. The van der Waals surface area contributed by atoms with E-state index in [-0.39, 0.29) is 11.8 Å². The molecule has 2 N–H and O–H groups in total. The third-order valence-electron chi connectivity index (χ3n) is 8.05. The van der Waals surface area contributed by atoms with Crippen LogP contribution in [0.3, 0.4) is 0 Å². The number of Topliss-reactive ketones (excluding diaryl/α,β-unsaturated/α-hetero) is 1. The number of hydrogen-bond acceptors (Lipinski definition) is 5. The average molecular weight is 476 g/mol. The molecule has 0 radical (unpaired) electrons. The second kappa shape index (κ2) is 10.8. The topological polar surface area (TPSA) is 67.9 Å². The van der Waals surface area contributed by atoms with Crippen LogP contribution in [0, 0.1) is 11.8 Å². The maximum Gasteiger partial charge on any atom is 0.319 e. The van der Waals surface area contributed by atoms with Gasteiger partial charge in [-0.3, -0.25) is 14.6 Å². The highest BCUT2D eigenvalue weighted by Crippen LogP contribution is 2.36. The van der Waals surface area contributed by atoms with Gasteiger partial charge in [-0.1, -0.05) is 18.2 Å². The van der Waals surface area contributed by atoms with E-state index in [1.54, 1.807) is 31.2 Å². The Morgan fingerprint density at radius 3 is 2.34 bits per heavy atom. The van der Waals surface area contributed by atoms with E-state index in [1.165, 1.54) is 25.1 Å². The lowest BCUT2D eigenvalue weighted by molar-refractivity contribution is -0.0114. The molecule has 0 spiro atoms. The highest BCUT2D eigenvalue weighted by Gasteiger charge is 2.40. The fourth-order valence-electron chi connectivity index (χ4n) is 6.00. The zero-order valence-corrected chi connectivity index (χ0v) is 20.7. The van der Waals surface area contributed by atoms with E-state index in [9.17, 15) is 9.59 Å². The number of carbonyl (C=O) groups excluding carboxylic acids is 2. The molecular formula is C28H37N5O2. The number of carbonyl (C=O) groups is 2. The fraction of sp³-hybridized carbons (Fsp3) is 0.500. The Balaban J connectivity index is 1.05. The van der Waals surface area contributed by atoms with Gasteiger partial charge in [0.15, 0.2) is 5.78 Å². The second-order valence-electron chi connectivity index (χ2n) is 10.3. The summed E-state index contributed by atoms with van der Waals surface area (Å²) in [4.78, 5) is 31.6. The first-order chi connectivity index (χ1) is 17.0. The maximum atomic E-state index is 12.4. The molecule has 4 aliphatic rings. The number of nitrogens with zero attached hydrogens (tertiary/aromatic N) is 3. The van der Waals surface area contributed by atoms with Gasteiger partial charge in [0.1, 0.15) is 0 Å². The molecule has 35 heavy (non-hydrogen) atoms. The van der Waals surface area contributed by atoms with Crippen LogP contribution in [0.25, 0.3) is 0 Å². The Labute approximate surface area is 208 Å². The summed E-state index contributed by atoms with van der Waals surface area (Å²) in [5.41, 5.74) is 2.68. The number of urea groups is 1. The zero-order chi connectivity index (χ0) is 24.2. The van der Waals surface area contributed by atoms with Crippen molar-refractivity contribution in [2.75, 3.05) is 62.6 Å². The molecule has 2 bridgehead atoms. The summed E-state index contributed by atoms with van der Waals surface area (Å²) < 4.78 is 0. The standard InChI is InChI=1S/C28H37N5O2/c1-21(34)22-7-9-25(10-8-22)30-28(35)29-18-27-17-23-11-12-33(27)20-24(23)19-31-13-15-32(16-14-31)26-5-3-2-4-6-26/h2-10,23-24,27H,11-20H2,1H3,(H2,29,30,35)/t23-,24+,27-/m1/s1. The van der Waals surface area contributed by atoms with Crippen LogP contribution in [0.4, 0.5) is 16.2 Å². The Hall–Kier alpha value is -2.90. The summed E-state index contributed by atoms with van der Waals surface area (Å²) in [5, 5.41) is 5.94. The van der Waals surface area contributed by atoms with Gasteiger partial charge in [0.05, 0.1) is 0 Å². The first-order valence-electron chi connectivity index (χ1n) is 13.0. The summed E-state index contributed by atoms with van der Waals surface area (Å²) in [6, 6.07) is 18.0. The highest BCUT2D eigenvalue weighted by molar-refractivity contribution is 5.95. The van der Waals surface area contributed by atoms with E-state index < -0.39 is 0 Å². The molecule has 7 heteroatoms. The first-order valence-corrected chi connectivity index (χ1v) is 13.0. The largest absolute Gasteiger partial charge is 0.369 e. The maximum absolute atomic E-state index is 12.4. The van der Waals surface area contributed by atoms with Crippen molar-refractivity contribution in [3.05, 3.63) is 60.2 Å². The number of ketones is 1. The van der Waals surface area contributed by atoms with Crippen molar-refractivity contribution in [2.45, 2.75) is 25.8 Å². The summed E-state index contributed by atoms with van der Waals surface area (Å²) in [6.07, 6.45) is 2.45. The van der Waals surface area contributed by atoms with Crippen molar-refractivity contribution >= 4 is 23.2 Å². The van der Waals surface area contributed by atoms with E-state index >= 15 is 0 Å². The molecule has 4 saturated heterocycles. The van der Waals surface area contributed by atoms with Gasteiger partial charge < -0.3 is 15.5 Å². The number of anilines is 2. The normalized spacial score (nSPS) is 26.4. The lowest BCUT2D eigenvalue weighted by atomic mass is 9.75. The molecule has 6 rings (SSSR count). The Bertz CT molecular complexity index is 1000. The number of piperazine rings is 1. The monoisotopic (exact) mass is 475 g/mol. The van der Waals surface area contributed by atoms with Gasteiger partial charge in [-0.25, -0.2) is 4.79 Å². The number of amides is 2. The van der Waals surface area contributed by atoms with E-state index in [0.717, 1.165) is 51.1 Å². The van der Waals surface area contributed by atoms with Gasteiger partial charge in [-0.2, -0.15) is 0 Å². The van der Waals surface area contributed by atoms with Crippen LogP contribution in [0.1, 0.15) is 30.1 Å². The minimum atomic E-state index is -0.184. The quantitative estimate of drug-likeness (QED) is 0.600. The van der Waals surface area contributed by atoms with Gasteiger partial charge >= 0.3 is 6.03 Å². The number of benzene rings is 2. The molecule has 2 aromatic carbocycles. The van der Waals surface area contributed by atoms with Crippen LogP contribution in [0.5, 0.6) is 0 Å². The molecule has 1 unspecified atom stereocenters. The fourth-order valence-corrected chi connectivity index (χ4v) is 6.00. The van der Waals surface area contributed by atoms with E-state index in [1.807, 2.05) is 0 Å². The molecule has 0 aliphatic carbocycles. The molecule has 0 aromatic heterocycles. The number of para-hydroxylation sites is 1. The Morgan fingerprint density at radius 1 is 0.943 bits per heavy atom. The predicted octanol–water partition coefficient (Wildman–Crippen LogP) is 3.54. The second-order valence-corrected chi connectivity index (χ2v) is 10.3. The molecule has 0 saturated carbocycles. The van der Waals surface area contributed by atoms with Crippen molar-refractivity contribution < 1.29 is 9.59 Å². The van der Waals surface area contributed by atoms with E-state index in [2.05, 4.69) is 55.7 Å². The van der Waals surface area contributed by atoms with Crippen molar-refractivity contribution in [1.82, 2.24) is 15.1 Å². The SMILES string of the molecule is CC(=O)c1ccc(NC(=O)NC[C@H]2C[C@H]3CCN2C[C@@H]3CN2CCN(c3ccccc3)CC2)cc1. The summed E-state index contributed by atoms with van der Waals surface area (Å²) >= 11 is 0. The van der Waals surface area contributed by atoms with Gasteiger partial charge in [0.25, 0.3) is 0 Å². The number of fused-ring (bicyclic) bond motifs is 3. The van der Waals surface area contributed by atoms with E-state index in [0.29, 0.717) is 23.8 Å². The molecule has 2 aromatic rings. The number of nitrogens with one attached hydrogen (secondary N) is 2. The minimum Gasteiger partial charge on any atom is -0.369 e. The minimum absolute atomic E-state index is 0.0233. The van der Waals surface area contributed by atoms with Crippen LogP contribution < -0.4 is 15.5 Å². The first kappa shape index (κ1) is 23.8. The van der Waals surface area contributed by atoms with Gasteiger partial charge in [-0.15, -0.1) is 0 Å². The van der Waals surface area contributed by atoms with Gasteiger partial charge in [0.2, 0.25) is 0 Å². The zero-order valence-electron chi connectivity index (χ0n) is 20.7. The molecule has 4 aliphatic heterocycles. The van der Waals surface area contributed by atoms with Gasteiger partial charge in [0, 0.05) is 68.8 Å². The van der Waals surface area contributed by atoms with Crippen molar-refractivity contribution in [3.8, 4) is 0 Å². The van der Waals surface area contributed by atoms with Crippen molar-refractivity contribution in [2.24, 2.45) is 11.8 Å². The predicted molar refractivity (Wildman–Crippen MR) is 140 cm³/mol. The number of hydrogen-bond donors (Lipinski definition) is 2. The smallest absolute Gasteiger partial charge is 0.319 e. The third kappa shape index (κ3) is 5.85. The molecule has 2 amide bonds. The highest BCUT2D eigenvalue weighted by atomic mass is 16.2. The van der Waals surface area contributed by atoms with Crippen molar-refractivity contribution in [3.63, 3.8) is 0 Å². The van der Waals surface area contributed by atoms with Gasteiger partial charge in [-0.05, 0) is 74.5 Å². The van der Waals surface area contributed by atoms with Crippen molar-refractivity contribution in [1.29, 1.82) is 0 Å². The Morgan fingerprint density at radius 2 is 1.69 bits per heavy atom. The molecule has 4 heterocycles. The molecule has 4 atom stereocenters. The number of rotatable bonds is 7. The van der Waals surface area contributed by atoms with Crippen LogP contribution in [0.15, 0.2) is 54.6 Å². The van der Waals surface area contributed by atoms with Crippen LogP contribution in [-0.4, -0.2) is 80.0 Å². The summed E-state index contributed by atoms with van der Waals surface area (Å²) in [5.74, 6) is 1.51. The summed E-state index contributed by atoms with van der Waals surface area (Å²) in [6.45, 7) is 10.2. The Kier molecular flexibility index (Phi) is 7.35.